The third-order valence-corrected chi connectivity index (χ3v) is 2.75. The summed E-state index contributed by atoms with van der Waals surface area (Å²) in [5, 5.41) is 0. The summed E-state index contributed by atoms with van der Waals surface area (Å²) in [6, 6.07) is 12.2. The molecule has 0 aliphatic heterocycles. The third-order valence-electron chi connectivity index (χ3n) is 2.13. The monoisotopic (exact) mass is 280 g/mol. The van der Waals surface area contributed by atoms with E-state index in [1.807, 2.05) is 25.1 Å². The molecule has 0 heterocycles. The van der Waals surface area contributed by atoms with Gasteiger partial charge < -0.3 is 4.74 Å². The maximum absolute atomic E-state index is 13.5. The Hall–Kier alpha value is -1.35. The Morgan fingerprint density at radius 1 is 1.12 bits per heavy atom. The molecular formula is C13H10BrFO. The first-order valence-corrected chi connectivity index (χ1v) is 5.64. The zero-order valence-electron chi connectivity index (χ0n) is 8.71. The zero-order valence-corrected chi connectivity index (χ0v) is 10.3. The molecule has 3 heteroatoms. The Bertz CT molecular complexity index is 491. The Morgan fingerprint density at radius 3 is 2.56 bits per heavy atom. The van der Waals surface area contributed by atoms with Crippen LogP contribution in [0.1, 0.15) is 5.56 Å². The van der Waals surface area contributed by atoms with Crippen molar-refractivity contribution >= 4 is 15.9 Å². The van der Waals surface area contributed by atoms with Crippen LogP contribution >= 0.6 is 15.9 Å². The maximum Gasteiger partial charge on any atom is 0.177 e. The SMILES string of the molecule is Cc1cccc(Oc2c(F)cccc2Br)c1. The van der Waals surface area contributed by atoms with Gasteiger partial charge in [0.1, 0.15) is 5.75 Å². The maximum atomic E-state index is 13.5. The molecule has 0 saturated heterocycles. The van der Waals surface area contributed by atoms with Gasteiger partial charge in [-0.15, -0.1) is 0 Å². The highest BCUT2D eigenvalue weighted by Crippen LogP contribution is 2.32. The van der Waals surface area contributed by atoms with Gasteiger partial charge in [0.2, 0.25) is 0 Å². The quantitative estimate of drug-likeness (QED) is 0.776. The van der Waals surface area contributed by atoms with Gasteiger partial charge in [0.25, 0.3) is 0 Å². The van der Waals surface area contributed by atoms with Gasteiger partial charge in [-0.05, 0) is 52.7 Å². The normalized spacial score (nSPS) is 10.2. The molecular weight excluding hydrogens is 271 g/mol. The van der Waals surface area contributed by atoms with Crippen molar-refractivity contribution in [3.63, 3.8) is 0 Å². The number of ether oxygens (including phenoxy) is 1. The number of halogens is 2. The van der Waals surface area contributed by atoms with Crippen molar-refractivity contribution in [3.05, 3.63) is 58.3 Å². The molecule has 0 N–H and O–H groups in total. The zero-order chi connectivity index (χ0) is 11.5. The van der Waals surface area contributed by atoms with E-state index in [4.69, 9.17) is 4.74 Å². The van der Waals surface area contributed by atoms with Crippen LogP contribution in [0.5, 0.6) is 11.5 Å². The first-order valence-electron chi connectivity index (χ1n) is 4.85. The minimum absolute atomic E-state index is 0.216. The number of hydrogen-bond acceptors (Lipinski definition) is 1. The molecule has 0 atom stereocenters. The Morgan fingerprint density at radius 2 is 1.88 bits per heavy atom. The summed E-state index contributed by atoms with van der Waals surface area (Å²) in [4.78, 5) is 0. The first-order chi connectivity index (χ1) is 7.66. The highest BCUT2D eigenvalue weighted by molar-refractivity contribution is 9.10. The van der Waals surface area contributed by atoms with Gasteiger partial charge in [-0.1, -0.05) is 18.2 Å². The molecule has 0 unspecified atom stereocenters. The molecule has 0 aliphatic carbocycles. The summed E-state index contributed by atoms with van der Waals surface area (Å²) in [6.07, 6.45) is 0. The van der Waals surface area contributed by atoms with Crippen LogP contribution in [0, 0.1) is 12.7 Å². The lowest BCUT2D eigenvalue weighted by Crippen LogP contribution is -1.89. The lowest BCUT2D eigenvalue weighted by Gasteiger charge is -2.08. The van der Waals surface area contributed by atoms with E-state index in [9.17, 15) is 4.39 Å². The molecule has 2 aromatic carbocycles. The number of benzene rings is 2. The molecule has 2 aromatic rings. The first kappa shape index (κ1) is 11.1. The minimum atomic E-state index is -0.379. The Balaban J connectivity index is 2.34. The topological polar surface area (TPSA) is 9.23 Å². The fraction of sp³-hybridized carbons (Fsp3) is 0.0769. The molecule has 2 rings (SSSR count). The summed E-state index contributed by atoms with van der Waals surface area (Å²) >= 11 is 3.26. The fourth-order valence-corrected chi connectivity index (χ4v) is 1.80. The molecule has 0 fully saturated rings. The predicted octanol–water partition coefficient (Wildman–Crippen LogP) is 4.69. The summed E-state index contributed by atoms with van der Waals surface area (Å²) < 4.78 is 19.6. The number of hydrogen-bond donors (Lipinski definition) is 0. The smallest absolute Gasteiger partial charge is 0.177 e. The van der Waals surface area contributed by atoms with Crippen LogP contribution < -0.4 is 4.74 Å². The summed E-state index contributed by atoms with van der Waals surface area (Å²) in [6.45, 7) is 1.96. The number of aryl methyl sites for hydroxylation is 1. The number of rotatable bonds is 2. The molecule has 0 saturated carbocycles. The van der Waals surface area contributed by atoms with Crippen LogP contribution in [0.2, 0.25) is 0 Å². The van der Waals surface area contributed by atoms with Crippen LogP contribution in [-0.2, 0) is 0 Å². The van der Waals surface area contributed by atoms with Gasteiger partial charge in [-0.2, -0.15) is 0 Å². The van der Waals surface area contributed by atoms with Crippen LogP contribution in [-0.4, -0.2) is 0 Å². The van der Waals surface area contributed by atoms with Gasteiger partial charge in [0.15, 0.2) is 11.6 Å². The van der Waals surface area contributed by atoms with E-state index >= 15 is 0 Å². The van der Waals surface area contributed by atoms with Gasteiger partial charge >= 0.3 is 0 Å². The Kier molecular flexibility index (Phi) is 3.25. The second kappa shape index (κ2) is 4.66. The van der Waals surface area contributed by atoms with E-state index in [1.54, 1.807) is 18.2 Å². The average Bonchev–Trinajstić information content (AvgIpc) is 2.24. The van der Waals surface area contributed by atoms with Crippen LogP contribution in [0.3, 0.4) is 0 Å². The van der Waals surface area contributed by atoms with E-state index in [-0.39, 0.29) is 11.6 Å². The van der Waals surface area contributed by atoms with Gasteiger partial charge in [0, 0.05) is 0 Å². The lowest BCUT2D eigenvalue weighted by atomic mass is 10.2. The highest BCUT2D eigenvalue weighted by Gasteiger charge is 2.08. The second-order valence-corrected chi connectivity index (χ2v) is 4.32. The number of para-hydroxylation sites is 1. The molecule has 16 heavy (non-hydrogen) atoms. The van der Waals surface area contributed by atoms with Crippen LogP contribution in [0.15, 0.2) is 46.9 Å². The average molecular weight is 281 g/mol. The Labute approximate surface area is 102 Å². The summed E-state index contributed by atoms with van der Waals surface area (Å²) in [7, 11) is 0. The highest BCUT2D eigenvalue weighted by atomic mass is 79.9. The fourth-order valence-electron chi connectivity index (χ4n) is 1.38. The molecule has 0 radical (unpaired) electrons. The van der Waals surface area contributed by atoms with Crippen LogP contribution in [0.4, 0.5) is 4.39 Å². The van der Waals surface area contributed by atoms with E-state index in [2.05, 4.69) is 15.9 Å². The largest absolute Gasteiger partial charge is 0.453 e. The second-order valence-electron chi connectivity index (χ2n) is 3.47. The molecule has 0 amide bonds. The molecule has 0 bridgehead atoms. The molecule has 82 valence electrons. The van der Waals surface area contributed by atoms with Crippen LogP contribution in [0.25, 0.3) is 0 Å². The van der Waals surface area contributed by atoms with E-state index in [0.29, 0.717) is 10.2 Å². The van der Waals surface area contributed by atoms with E-state index in [1.165, 1.54) is 6.07 Å². The van der Waals surface area contributed by atoms with Gasteiger partial charge in [0.05, 0.1) is 4.47 Å². The molecule has 0 aliphatic rings. The van der Waals surface area contributed by atoms with Crippen molar-refractivity contribution in [1.29, 1.82) is 0 Å². The summed E-state index contributed by atoms with van der Waals surface area (Å²) in [5.74, 6) is 0.467. The van der Waals surface area contributed by atoms with E-state index in [0.717, 1.165) is 5.56 Å². The van der Waals surface area contributed by atoms with Crippen molar-refractivity contribution in [1.82, 2.24) is 0 Å². The van der Waals surface area contributed by atoms with Crippen molar-refractivity contribution < 1.29 is 9.13 Å². The molecule has 0 aromatic heterocycles. The van der Waals surface area contributed by atoms with Crippen molar-refractivity contribution in [2.75, 3.05) is 0 Å². The van der Waals surface area contributed by atoms with E-state index < -0.39 is 0 Å². The van der Waals surface area contributed by atoms with Gasteiger partial charge in [-0.3, -0.25) is 0 Å². The van der Waals surface area contributed by atoms with Crippen molar-refractivity contribution in [2.24, 2.45) is 0 Å². The summed E-state index contributed by atoms with van der Waals surface area (Å²) in [5.41, 5.74) is 1.07. The van der Waals surface area contributed by atoms with Crippen molar-refractivity contribution in [2.45, 2.75) is 6.92 Å². The molecule has 1 nitrogen and oxygen atoms in total. The molecule has 0 spiro atoms. The standard InChI is InChI=1S/C13H10BrFO/c1-9-4-2-5-10(8-9)16-13-11(14)6-3-7-12(13)15/h2-8H,1H3. The van der Waals surface area contributed by atoms with Crippen molar-refractivity contribution in [3.8, 4) is 11.5 Å². The predicted molar refractivity (Wildman–Crippen MR) is 65.4 cm³/mol. The van der Waals surface area contributed by atoms with Gasteiger partial charge in [-0.25, -0.2) is 4.39 Å². The minimum Gasteiger partial charge on any atom is -0.453 e. The third kappa shape index (κ3) is 2.42. The lowest BCUT2D eigenvalue weighted by molar-refractivity contribution is 0.439.